The molecule has 0 saturated heterocycles. The summed E-state index contributed by atoms with van der Waals surface area (Å²) in [5.74, 6) is 0.419. The number of nitrogens with one attached hydrogen (secondary N) is 3. The maximum atomic E-state index is 11.2. The summed E-state index contributed by atoms with van der Waals surface area (Å²) in [5.41, 5.74) is 10.3. The summed E-state index contributed by atoms with van der Waals surface area (Å²) in [5, 5.41) is 34.3. The number of halogens is 1. The predicted molar refractivity (Wildman–Crippen MR) is 120 cm³/mol. The lowest BCUT2D eigenvalue weighted by atomic mass is 9.96. The second-order valence-corrected chi connectivity index (χ2v) is 7.44. The summed E-state index contributed by atoms with van der Waals surface area (Å²) in [6.07, 6.45) is 0. The molecule has 2 aromatic heterocycles. The van der Waals surface area contributed by atoms with Gasteiger partial charge in [0.05, 0.1) is 10.7 Å². The first-order valence-electron chi connectivity index (χ1n) is 9.34. The number of amidine groups is 1. The fourth-order valence-corrected chi connectivity index (χ4v) is 3.86. The first-order valence-corrected chi connectivity index (χ1v) is 9.72. The van der Waals surface area contributed by atoms with Crippen LogP contribution < -0.4 is 5.73 Å². The van der Waals surface area contributed by atoms with Crippen LogP contribution in [0.25, 0.3) is 44.7 Å². The van der Waals surface area contributed by atoms with Crippen molar-refractivity contribution in [2.75, 3.05) is 0 Å². The molecule has 6 N–H and O–H groups in total. The summed E-state index contributed by atoms with van der Waals surface area (Å²) in [7, 11) is 0. The molecule has 8 nitrogen and oxygen atoms in total. The fourth-order valence-electron chi connectivity index (χ4n) is 3.60. The molecule has 0 aliphatic heterocycles. The maximum absolute atomic E-state index is 11.2. The van der Waals surface area contributed by atoms with E-state index in [0.29, 0.717) is 38.8 Å². The molecular formula is C22H16ClN7O. The van der Waals surface area contributed by atoms with Crippen LogP contribution in [-0.4, -0.2) is 36.6 Å². The van der Waals surface area contributed by atoms with Gasteiger partial charge in [0.1, 0.15) is 11.6 Å². The quantitative estimate of drug-likeness (QED) is 0.213. The number of hydrogen-bond donors (Lipinski definition) is 5. The van der Waals surface area contributed by atoms with Gasteiger partial charge in [-0.1, -0.05) is 41.9 Å². The Morgan fingerprint density at radius 1 is 1.00 bits per heavy atom. The van der Waals surface area contributed by atoms with Gasteiger partial charge < -0.3 is 15.8 Å². The highest BCUT2D eigenvalue weighted by Gasteiger charge is 2.18. The largest absolute Gasteiger partial charge is 0.507 e. The zero-order valence-electron chi connectivity index (χ0n) is 16.0. The molecule has 0 bridgehead atoms. The minimum atomic E-state index is -0.108. The van der Waals surface area contributed by atoms with Crippen molar-refractivity contribution in [3.8, 4) is 39.5 Å². The van der Waals surface area contributed by atoms with Crippen molar-refractivity contribution in [1.29, 1.82) is 5.41 Å². The zero-order chi connectivity index (χ0) is 21.5. The van der Waals surface area contributed by atoms with E-state index in [0.717, 1.165) is 16.5 Å². The number of phenolic OH excluding ortho intramolecular Hbond substituents is 1. The minimum Gasteiger partial charge on any atom is -0.507 e. The molecule has 0 unspecified atom stereocenters. The second-order valence-electron chi connectivity index (χ2n) is 7.04. The topological polar surface area (TPSA) is 140 Å². The number of rotatable bonds is 4. The smallest absolute Gasteiger partial charge is 0.204 e. The van der Waals surface area contributed by atoms with Gasteiger partial charge in [-0.15, -0.1) is 10.2 Å². The number of hydrogen-bond acceptors (Lipinski definition) is 5. The average molecular weight is 430 g/mol. The van der Waals surface area contributed by atoms with Crippen molar-refractivity contribution in [3.63, 3.8) is 0 Å². The van der Waals surface area contributed by atoms with Crippen molar-refractivity contribution >= 4 is 28.3 Å². The lowest BCUT2D eigenvalue weighted by Crippen LogP contribution is -2.11. The van der Waals surface area contributed by atoms with Gasteiger partial charge in [-0.2, -0.15) is 5.21 Å². The molecule has 2 heterocycles. The van der Waals surface area contributed by atoms with Gasteiger partial charge in [-0.3, -0.25) is 5.41 Å². The molecule has 31 heavy (non-hydrogen) atoms. The van der Waals surface area contributed by atoms with Gasteiger partial charge in [-0.05, 0) is 41.1 Å². The van der Waals surface area contributed by atoms with Crippen LogP contribution in [0.15, 0.2) is 60.7 Å². The van der Waals surface area contributed by atoms with Gasteiger partial charge in [0.2, 0.25) is 5.82 Å². The van der Waals surface area contributed by atoms with Crippen LogP contribution in [0.2, 0.25) is 5.02 Å². The molecule has 0 radical (unpaired) electrons. The number of nitrogens with two attached hydrogens (primary N) is 1. The Labute approximate surface area is 181 Å². The maximum Gasteiger partial charge on any atom is 0.204 e. The Morgan fingerprint density at radius 3 is 2.48 bits per heavy atom. The number of aromatic nitrogens is 5. The number of benzene rings is 3. The van der Waals surface area contributed by atoms with E-state index in [1.165, 1.54) is 0 Å². The van der Waals surface area contributed by atoms with E-state index in [1.807, 2.05) is 42.5 Å². The van der Waals surface area contributed by atoms with Crippen LogP contribution in [0.3, 0.4) is 0 Å². The SMILES string of the molecule is N=C(N)c1cc2cc(-c3cc(-c4nn[nH]n4)cc(-c4ccccc4)c3O)[nH]c2cc1Cl. The lowest BCUT2D eigenvalue weighted by Gasteiger charge is -2.11. The molecule has 0 fully saturated rings. The molecule has 9 heteroatoms. The molecule has 0 atom stereocenters. The monoisotopic (exact) mass is 429 g/mol. The number of aromatic amines is 2. The van der Waals surface area contributed by atoms with Crippen molar-refractivity contribution in [3.05, 3.63) is 71.2 Å². The van der Waals surface area contributed by atoms with E-state index < -0.39 is 0 Å². The Kier molecular flexibility index (Phi) is 4.41. The van der Waals surface area contributed by atoms with Crippen LogP contribution in [0.4, 0.5) is 0 Å². The third-order valence-corrected chi connectivity index (χ3v) is 5.40. The zero-order valence-corrected chi connectivity index (χ0v) is 16.8. The first-order chi connectivity index (χ1) is 15.0. The summed E-state index contributed by atoms with van der Waals surface area (Å²) < 4.78 is 0. The normalized spacial score (nSPS) is 11.1. The molecular weight excluding hydrogens is 414 g/mol. The Morgan fingerprint density at radius 2 is 1.77 bits per heavy atom. The Bertz CT molecular complexity index is 1430. The molecule has 3 aromatic carbocycles. The highest BCUT2D eigenvalue weighted by Crippen LogP contribution is 2.42. The Balaban J connectivity index is 1.75. The van der Waals surface area contributed by atoms with Crippen molar-refractivity contribution in [1.82, 2.24) is 25.6 Å². The van der Waals surface area contributed by atoms with E-state index in [9.17, 15) is 5.11 Å². The van der Waals surface area contributed by atoms with Crippen LogP contribution in [0.5, 0.6) is 5.75 Å². The van der Waals surface area contributed by atoms with Crippen LogP contribution in [0.1, 0.15) is 5.56 Å². The highest BCUT2D eigenvalue weighted by molar-refractivity contribution is 6.34. The standard InChI is InChI=1S/C22H16ClN7O/c23-17-10-18-12(6-15(17)21(24)25)9-19(26-18)16-8-13(22-27-29-30-28-22)7-14(20(16)31)11-4-2-1-3-5-11/h1-10,26,31H,(H3,24,25)(H,27,28,29,30). The van der Waals surface area contributed by atoms with Gasteiger partial charge in [0.15, 0.2) is 0 Å². The van der Waals surface area contributed by atoms with E-state index in [-0.39, 0.29) is 11.6 Å². The molecule has 5 rings (SSSR count). The predicted octanol–water partition coefficient (Wildman–Crippen LogP) is 4.33. The number of fused-ring (bicyclic) bond motifs is 1. The van der Waals surface area contributed by atoms with Gasteiger partial charge in [-0.25, -0.2) is 0 Å². The summed E-state index contributed by atoms with van der Waals surface area (Å²) in [6.45, 7) is 0. The summed E-state index contributed by atoms with van der Waals surface area (Å²) in [4.78, 5) is 3.29. The van der Waals surface area contributed by atoms with Crippen LogP contribution >= 0.6 is 11.6 Å². The van der Waals surface area contributed by atoms with E-state index >= 15 is 0 Å². The minimum absolute atomic E-state index is 0.108. The molecule has 5 aromatic rings. The van der Waals surface area contributed by atoms with Gasteiger partial charge in [0, 0.05) is 33.2 Å². The average Bonchev–Trinajstić information content (AvgIpc) is 3.43. The van der Waals surface area contributed by atoms with Crippen LogP contribution in [0, 0.1) is 5.41 Å². The molecule has 0 spiro atoms. The Hall–Kier alpha value is -4.17. The number of tetrazole rings is 1. The van der Waals surface area contributed by atoms with Crippen LogP contribution in [-0.2, 0) is 0 Å². The molecule has 0 aliphatic rings. The highest BCUT2D eigenvalue weighted by atomic mass is 35.5. The number of H-pyrrole nitrogens is 2. The fraction of sp³-hybridized carbons (Fsp3) is 0. The third-order valence-electron chi connectivity index (χ3n) is 5.09. The van der Waals surface area contributed by atoms with Gasteiger partial charge >= 0.3 is 0 Å². The lowest BCUT2D eigenvalue weighted by molar-refractivity contribution is 0.479. The van der Waals surface area contributed by atoms with E-state index in [2.05, 4.69) is 25.6 Å². The first kappa shape index (κ1) is 18.8. The molecule has 152 valence electrons. The number of phenols is 1. The van der Waals surface area contributed by atoms with Crippen molar-refractivity contribution in [2.24, 2.45) is 5.73 Å². The number of aromatic hydroxyl groups is 1. The molecule has 0 amide bonds. The summed E-state index contributed by atoms with van der Waals surface area (Å²) >= 11 is 6.27. The van der Waals surface area contributed by atoms with E-state index in [1.54, 1.807) is 18.2 Å². The number of nitrogen functional groups attached to an aromatic ring is 1. The van der Waals surface area contributed by atoms with Gasteiger partial charge in [0.25, 0.3) is 0 Å². The van der Waals surface area contributed by atoms with Crippen molar-refractivity contribution < 1.29 is 5.11 Å². The number of nitrogens with zero attached hydrogens (tertiary/aromatic N) is 3. The molecule has 0 saturated carbocycles. The second kappa shape index (κ2) is 7.26. The summed E-state index contributed by atoms with van der Waals surface area (Å²) in [6, 6.07) is 18.5. The third kappa shape index (κ3) is 3.28. The van der Waals surface area contributed by atoms with Crippen molar-refractivity contribution in [2.45, 2.75) is 0 Å². The van der Waals surface area contributed by atoms with E-state index in [4.69, 9.17) is 22.7 Å². The molecule has 0 aliphatic carbocycles.